The van der Waals surface area contributed by atoms with Crippen molar-refractivity contribution in [3.8, 4) is 0 Å². The Morgan fingerprint density at radius 1 is 1.35 bits per heavy atom. The first-order valence-electron chi connectivity index (χ1n) is 7.71. The van der Waals surface area contributed by atoms with Crippen LogP contribution in [0.15, 0.2) is 24.4 Å². The smallest absolute Gasteiger partial charge is 0.0419 e. The van der Waals surface area contributed by atoms with Crippen LogP contribution in [0.1, 0.15) is 19.0 Å². The van der Waals surface area contributed by atoms with Gasteiger partial charge in [0.1, 0.15) is 0 Å². The van der Waals surface area contributed by atoms with E-state index in [0.717, 1.165) is 13.0 Å². The lowest BCUT2D eigenvalue weighted by Gasteiger charge is -2.39. The van der Waals surface area contributed by atoms with E-state index in [0.29, 0.717) is 12.1 Å². The van der Waals surface area contributed by atoms with Crippen LogP contribution in [0.2, 0.25) is 0 Å². The molecule has 0 radical (unpaired) electrons. The van der Waals surface area contributed by atoms with Crippen LogP contribution in [0.4, 0.5) is 0 Å². The Kier molecular flexibility index (Phi) is 5.95. The Morgan fingerprint density at radius 3 is 2.90 bits per heavy atom. The molecule has 2 unspecified atom stereocenters. The second-order valence-corrected chi connectivity index (χ2v) is 5.91. The zero-order chi connectivity index (χ0) is 14.4. The molecule has 1 aliphatic heterocycles. The second-order valence-electron chi connectivity index (χ2n) is 5.91. The molecule has 4 heteroatoms. The van der Waals surface area contributed by atoms with Gasteiger partial charge in [0.05, 0.1) is 0 Å². The first-order chi connectivity index (χ1) is 9.69. The summed E-state index contributed by atoms with van der Waals surface area (Å²) < 4.78 is 0. The highest BCUT2D eigenvalue weighted by atomic mass is 15.3. The number of aromatic nitrogens is 1. The van der Waals surface area contributed by atoms with Crippen LogP contribution in [0.25, 0.3) is 0 Å². The van der Waals surface area contributed by atoms with Crippen molar-refractivity contribution in [2.45, 2.75) is 31.8 Å². The van der Waals surface area contributed by atoms with E-state index in [-0.39, 0.29) is 0 Å². The largest absolute Gasteiger partial charge is 0.314 e. The first kappa shape index (κ1) is 15.4. The third-order valence-electron chi connectivity index (χ3n) is 4.21. The van der Waals surface area contributed by atoms with Gasteiger partial charge in [0.25, 0.3) is 0 Å². The predicted molar refractivity (Wildman–Crippen MR) is 83.9 cm³/mol. The summed E-state index contributed by atoms with van der Waals surface area (Å²) in [7, 11) is 4.47. The van der Waals surface area contributed by atoms with Gasteiger partial charge >= 0.3 is 0 Å². The number of nitrogens with one attached hydrogen (secondary N) is 1. The monoisotopic (exact) mass is 276 g/mol. The van der Waals surface area contributed by atoms with Crippen LogP contribution in [-0.4, -0.2) is 67.1 Å². The van der Waals surface area contributed by atoms with Gasteiger partial charge in [-0.15, -0.1) is 0 Å². The topological polar surface area (TPSA) is 31.4 Å². The molecule has 0 spiro atoms. The minimum Gasteiger partial charge on any atom is -0.314 e. The van der Waals surface area contributed by atoms with Crippen molar-refractivity contribution in [1.82, 2.24) is 20.1 Å². The van der Waals surface area contributed by atoms with Crippen molar-refractivity contribution in [3.63, 3.8) is 0 Å². The average Bonchev–Trinajstić information content (AvgIpc) is 2.44. The van der Waals surface area contributed by atoms with Gasteiger partial charge in [0, 0.05) is 50.0 Å². The summed E-state index contributed by atoms with van der Waals surface area (Å²) in [5.74, 6) is 0. The lowest BCUT2D eigenvalue weighted by Crippen LogP contribution is -2.52. The summed E-state index contributed by atoms with van der Waals surface area (Å²) in [5, 5.41) is 3.63. The van der Waals surface area contributed by atoms with E-state index in [9.17, 15) is 0 Å². The molecule has 1 N–H and O–H groups in total. The summed E-state index contributed by atoms with van der Waals surface area (Å²) in [5.41, 5.74) is 1.19. The van der Waals surface area contributed by atoms with E-state index in [1.807, 2.05) is 12.3 Å². The van der Waals surface area contributed by atoms with Gasteiger partial charge in [-0.1, -0.05) is 13.0 Å². The highest BCUT2D eigenvalue weighted by Crippen LogP contribution is 2.14. The maximum absolute atomic E-state index is 4.46. The number of hydrogen-bond acceptors (Lipinski definition) is 4. The van der Waals surface area contributed by atoms with Crippen molar-refractivity contribution >= 4 is 0 Å². The van der Waals surface area contributed by atoms with Crippen LogP contribution in [0.5, 0.6) is 0 Å². The molecule has 112 valence electrons. The number of hydrogen-bond donors (Lipinski definition) is 1. The average molecular weight is 276 g/mol. The van der Waals surface area contributed by atoms with Gasteiger partial charge in [0.2, 0.25) is 0 Å². The molecule has 1 aromatic heterocycles. The van der Waals surface area contributed by atoms with Gasteiger partial charge < -0.3 is 15.1 Å². The molecule has 2 atom stereocenters. The lowest BCUT2D eigenvalue weighted by atomic mass is 9.99. The van der Waals surface area contributed by atoms with Crippen molar-refractivity contribution in [2.75, 3.05) is 40.3 Å². The fourth-order valence-corrected chi connectivity index (χ4v) is 2.98. The Bertz CT molecular complexity index is 381. The summed E-state index contributed by atoms with van der Waals surface area (Å²) in [6.45, 7) is 6.72. The van der Waals surface area contributed by atoms with Gasteiger partial charge in [-0.05, 0) is 39.2 Å². The van der Waals surface area contributed by atoms with E-state index < -0.39 is 0 Å². The molecule has 0 aliphatic carbocycles. The molecule has 1 aromatic rings. The maximum atomic E-state index is 4.46. The van der Waals surface area contributed by atoms with Crippen molar-refractivity contribution < 1.29 is 0 Å². The summed E-state index contributed by atoms with van der Waals surface area (Å²) >= 11 is 0. The Labute approximate surface area is 123 Å². The third-order valence-corrected chi connectivity index (χ3v) is 4.21. The fraction of sp³-hybridized carbons (Fsp3) is 0.688. The summed E-state index contributed by atoms with van der Waals surface area (Å²) in [6.07, 6.45) is 4.09. The number of rotatable bonds is 6. The van der Waals surface area contributed by atoms with E-state index in [1.165, 1.54) is 31.7 Å². The van der Waals surface area contributed by atoms with Crippen molar-refractivity contribution in [2.24, 2.45) is 0 Å². The number of likely N-dealkylation sites (N-methyl/N-ethyl adjacent to an activating group) is 3. The van der Waals surface area contributed by atoms with E-state index in [4.69, 9.17) is 0 Å². The molecule has 0 amide bonds. The highest BCUT2D eigenvalue weighted by Gasteiger charge is 2.25. The molecule has 2 heterocycles. The quantitative estimate of drug-likeness (QED) is 0.847. The van der Waals surface area contributed by atoms with Gasteiger partial charge in [-0.3, -0.25) is 4.98 Å². The first-order valence-corrected chi connectivity index (χ1v) is 7.71. The van der Waals surface area contributed by atoms with Crippen LogP contribution < -0.4 is 5.32 Å². The van der Waals surface area contributed by atoms with Gasteiger partial charge in [-0.25, -0.2) is 0 Å². The lowest BCUT2D eigenvalue weighted by molar-refractivity contribution is 0.101. The summed E-state index contributed by atoms with van der Waals surface area (Å²) in [4.78, 5) is 9.41. The highest BCUT2D eigenvalue weighted by molar-refractivity contribution is 5.05. The summed E-state index contributed by atoms with van der Waals surface area (Å²) in [6, 6.07) is 7.33. The number of nitrogens with zero attached hydrogens (tertiary/aromatic N) is 3. The SMILES string of the molecule is CCNC(Cc1ccccn1)CC1CN(C)CCN1C. The van der Waals surface area contributed by atoms with Gasteiger partial charge in [-0.2, -0.15) is 0 Å². The maximum Gasteiger partial charge on any atom is 0.0419 e. The standard InChI is InChI=1S/C16H28N4/c1-4-17-15(11-14-7-5-6-8-18-14)12-16-13-19(2)9-10-20(16)3/h5-8,15-17H,4,9-13H2,1-3H3. The van der Waals surface area contributed by atoms with Crippen molar-refractivity contribution in [1.29, 1.82) is 0 Å². The van der Waals surface area contributed by atoms with Crippen LogP contribution in [0, 0.1) is 0 Å². The normalized spacial score (nSPS) is 22.9. The second kappa shape index (κ2) is 7.72. The van der Waals surface area contributed by atoms with Crippen LogP contribution in [-0.2, 0) is 6.42 Å². The predicted octanol–water partition coefficient (Wildman–Crippen LogP) is 1.24. The Balaban J connectivity index is 1.94. The molecule has 4 nitrogen and oxygen atoms in total. The minimum absolute atomic E-state index is 0.508. The minimum atomic E-state index is 0.508. The molecule has 1 fully saturated rings. The molecule has 0 bridgehead atoms. The van der Waals surface area contributed by atoms with E-state index in [1.54, 1.807) is 0 Å². The van der Waals surface area contributed by atoms with Crippen LogP contribution >= 0.6 is 0 Å². The fourth-order valence-electron chi connectivity index (χ4n) is 2.98. The number of pyridine rings is 1. The molecule has 1 aliphatic rings. The van der Waals surface area contributed by atoms with Crippen LogP contribution in [0.3, 0.4) is 0 Å². The molecular formula is C16H28N4. The van der Waals surface area contributed by atoms with E-state index >= 15 is 0 Å². The molecule has 20 heavy (non-hydrogen) atoms. The molecule has 1 saturated heterocycles. The molecule has 2 rings (SSSR count). The molecule has 0 saturated carbocycles. The third kappa shape index (κ3) is 4.54. The molecular weight excluding hydrogens is 248 g/mol. The zero-order valence-corrected chi connectivity index (χ0v) is 13.0. The van der Waals surface area contributed by atoms with E-state index in [2.05, 4.69) is 53.3 Å². The Hall–Kier alpha value is -0.970. The molecule has 0 aromatic carbocycles. The van der Waals surface area contributed by atoms with Gasteiger partial charge in [0.15, 0.2) is 0 Å². The number of piperazine rings is 1. The Morgan fingerprint density at radius 2 is 2.20 bits per heavy atom. The zero-order valence-electron chi connectivity index (χ0n) is 13.0. The van der Waals surface area contributed by atoms with Crippen molar-refractivity contribution in [3.05, 3.63) is 30.1 Å².